The lowest BCUT2D eigenvalue weighted by atomic mass is 9.74. The minimum Gasteiger partial charge on any atom is -0.271 e. The Morgan fingerprint density at radius 1 is 1.38 bits per heavy atom. The Morgan fingerprint density at radius 2 is 2.19 bits per heavy atom. The number of hydrogen-bond donors (Lipinski definition) is 2. The molecule has 2 unspecified atom stereocenters. The molecule has 2 aromatic rings. The van der Waals surface area contributed by atoms with Crippen molar-refractivity contribution >= 4 is 0 Å². The highest BCUT2D eigenvalue weighted by molar-refractivity contribution is 5.40. The topological polar surface area (TPSA) is 55.9 Å². The number of hydrogen-bond acceptors (Lipinski definition) is 3. The van der Waals surface area contributed by atoms with Crippen molar-refractivity contribution in [3.8, 4) is 0 Å². The summed E-state index contributed by atoms with van der Waals surface area (Å²) in [6, 6.07) is 11.1. The Labute approximate surface area is 126 Å². The maximum Gasteiger partial charge on any atom is 0.0635 e. The number of aryl methyl sites for hydroxylation is 2. The number of aromatic nitrogens is 2. The molecule has 3 N–H and O–H groups in total. The van der Waals surface area contributed by atoms with E-state index in [9.17, 15) is 0 Å². The average molecular weight is 284 g/mol. The smallest absolute Gasteiger partial charge is 0.0635 e. The standard InChI is InChI=1S/C17H24N4/c1-3-14-11-17(21(4-2)20-14)16(19-18)10-13-9-12-7-5-6-8-15(12)13/h5-8,11,13,16,19H,3-4,9-10,18H2,1-2H3. The molecule has 1 aromatic carbocycles. The zero-order valence-electron chi connectivity index (χ0n) is 12.8. The maximum absolute atomic E-state index is 5.84. The molecule has 112 valence electrons. The number of rotatable bonds is 6. The van der Waals surface area contributed by atoms with Gasteiger partial charge in [-0.2, -0.15) is 5.10 Å². The van der Waals surface area contributed by atoms with Gasteiger partial charge in [-0.15, -0.1) is 0 Å². The largest absolute Gasteiger partial charge is 0.271 e. The molecule has 0 saturated carbocycles. The van der Waals surface area contributed by atoms with Crippen LogP contribution in [0.4, 0.5) is 0 Å². The van der Waals surface area contributed by atoms with Crippen LogP contribution in [0.3, 0.4) is 0 Å². The van der Waals surface area contributed by atoms with E-state index < -0.39 is 0 Å². The first-order valence-electron chi connectivity index (χ1n) is 7.87. The van der Waals surface area contributed by atoms with E-state index in [4.69, 9.17) is 5.84 Å². The zero-order chi connectivity index (χ0) is 14.8. The maximum atomic E-state index is 5.84. The summed E-state index contributed by atoms with van der Waals surface area (Å²) in [4.78, 5) is 0. The van der Waals surface area contributed by atoms with E-state index in [2.05, 4.69) is 59.4 Å². The lowest BCUT2D eigenvalue weighted by molar-refractivity contribution is 0.409. The van der Waals surface area contributed by atoms with Gasteiger partial charge in [0.25, 0.3) is 0 Å². The van der Waals surface area contributed by atoms with Gasteiger partial charge in [-0.1, -0.05) is 31.2 Å². The molecule has 0 bridgehead atoms. The van der Waals surface area contributed by atoms with Crippen LogP contribution in [0, 0.1) is 0 Å². The van der Waals surface area contributed by atoms with Crippen LogP contribution < -0.4 is 11.3 Å². The summed E-state index contributed by atoms with van der Waals surface area (Å²) in [5.41, 5.74) is 8.31. The second-order valence-electron chi connectivity index (χ2n) is 5.78. The van der Waals surface area contributed by atoms with E-state index in [0.717, 1.165) is 31.5 Å². The molecule has 21 heavy (non-hydrogen) atoms. The van der Waals surface area contributed by atoms with Crippen LogP contribution in [0.15, 0.2) is 30.3 Å². The molecule has 1 aliphatic carbocycles. The number of benzene rings is 1. The van der Waals surface area contributed by atoms with Crippen molar-refractivity contribution in [1.82, 2.24) is 15.2 Å². The van der Waals surface area contributed by atoms with Crippen LogP contribution in [0.1, 0.15) is 54.7 Å². The van der Waals surface area contributed by atoms with Crippen molar-refractivity contribution in [3.05, 3.63) is 52.8 Å². The van der Waals surface area contributed by atoms with Gasteiger partial charge in [-0.25, -0.2) is 0 Å². The van der Waals surface area contributed by atoms with Gasteiger partial charge in [0.05, 0.1) is 17.4 Å². The molecule has 0 radical (unpaired) electrons. The van der Waals surface area contributed by atoms with Crippen LogP contribution in [-0.2, 0) is 19.4 Å². The van der Waals surface area contributed by atoms with Gasteiger partial charge in [0, 0.05) is 6.54 Å². The predicted molar refractivity (Wildman–Crippen MR) is 84.8 cm³/mol. The lowest BCUT2D eigenvalue weighted by Gasteiger charge is -2.33. The molecule has 1 aliphatic rings. The van der Waals surface area contributed by atoms with Gasteiger partial charge < -0.3 is 0 Å². The molecule has 1 aromatic heterocycles. The summed E-state index contributed by atoms with van der Waals surface area (Å²) in [5, 5.41) is 4.63. The van der Waals surface area contributed by atoms with Gasteiger partial charge in [-0.3, -0.25) is 16.0 Å². The van der Waals surface area contributed by atoms with Crippen LogP contribution >= 0.6 is 0 Å². The van der Waals surface area contributed by atoms with Crippen LogP contribution in [0.2, 0.25) is 0 Å². The minimum absolute atomic E-state index is 0.163. The van der Waals surface area contributed by atoms with Crippen molar-refractivity contribution in [3.63, 3.8) is 0 Å². The zero-order valence-corrected chi connectivity index (χ0v) is 12.8. The highest BCUT2D eigenvalue weighted by Crippen LogP contribution is 2.40. The molecule has 4 nitrogen and oxygen atoms in total. The summed E-state index contributed by atoms with van der Waals surface area (Å²) in [7, 11) is 0. The molecule has 4 heteroatoms. The average Bonchev–Trinajstić information content (AvgIpc) is 2.92. The van der Waals surface area contributed by atoms with Gasteiger partial charge in [0.2, 0.25) is 0 Å². The number of hydrazine groups is 1. The molecule has 1 heterocycles. The number of nitrogens with zero attached hydrogens (tertiary/aromatic N) is 2. The Morgan fingerprint density at radius 3 is 2.86 bits per heavy atom. The van der Waals surface area contributed by atoms with Crippen LogP contribution in [0.25, 0.3) is 0 Å². The number of nitrogens with two attached hydrogens (primary N) is 1. The van der Waals surface area contributed by atoms with Gasteiger partial charge in [0.1, 0.15) is 0 Å². The summed E-state index contributed by atoms with van der Waals surface area (Å²) >= 11 is 0. The second-order valence-corrected chi connectivity index (χ2v) is 5.78. The Balaban J connectivity index is 1.79. The minimum atomic E-state index is 0.163. The Hall–Kier alpha value is -1.65. The fraction of sp³-hybridized carbons (Fsp3) is 0.471. The van der Waals surface area contributed by atoms with E-state index >= 15 is 0 Å². The quantitative estimate of drug-likeness (QED) is 0.633. The summed E-state index contributed by atoms with van der Waals surface area (Å²) in [5.74, 6) is 6.44. The molecular formula is C17H24N4. The molecule has 0 spiro atoms. The van der Waals surface area contributed by atoms with Crippen molar-refractivity contribution in [2.24, 2.45) is 5.84 Å². The normalized spacial score (nSPS) is 18.1. The summed E-state index contributed by atoms with van der Waals surface area (Å²) < 4.78 is 2.08. The molecule has 0 saturated heterocycles. The number of fused-ring (bicyclic) bond motifs is 1. The molecule has 0 amide bonds. The summed E-state index contributed by atoms with van der Waals surface area (Å²) in [6.07, 6.45) is 3.15. The fourth-order valence-electron chi connectivity index (χ4n) is 3.33. The van der Waals surface area contributed by atoms with E-state index in [1.54, 1.807) is 0 Å². The molecule has 2 atom stereocenters. The van der Waals surface area contributed by atoms with Crippen molar-refractivity contribution in [2.75, 3.05) is 0 Å². The van der Waals surface area contributed by atoms with Crippen LogP contribution in [-0.4, -0.2) is 9.78 Å². The molecular weight excluding hydrogens is 260 g/mol. The Bertz CT molecular complexity index is 617. The van der Waals surface area contributed by atoms with E-state index in [1.807, 2.05) is 0 Å². The van der Waals surface area contributed by atoms with Gasteiger partial charge in [-0.05, 0) is 49.3 Å². The van der Waals surface area contributed by atoms with E-state index in [-0.39, 0.29) is 6.04 Å². The molecule has 0 fully saturated rings. The first-order valence-corrected chi connectivity index (χ1v) is 7.87. The van der Waals surface area contributed by atoms with Crippen molar-refractivity contribution in [1.29, 1.82) is 0 Å². The van der Waals surface area contributed by atoms with Crippen LogP contribution in [0.5, 0.6) is 0 Å². The highest BCUT2D eigenvalue weighted by Gasteiger charge is 2.29. The Kier molecular flexibility index (Phi) is 4.08. The first kappa shape index (κ1) is 14.3. The monoisotopic (exact) mass is 284 g/mol. The van der Waals surface area contributed by atoms with Gasteiger partial charge in [0.15, 0.2) is 0 Å². The van der Waals surface area contributed by atoms with E-state index in [0.29, 0.717) is 5.92 Å². The third-order valence-corrected chi connectivity index (χ3v) is 4.56. The SMILES string of the molecule is CCc1cc(C(CC2Cc3ccccc32)NN)n(CC)n1. The number of nitrogens with one attached hydrogen (secondary N) is 1. The van der Waals surface area contributed by atoms with Crippen molar-refractivity contribution < 1.29 is 0 Å². The third kappa shape index (κ3) is 2.61. The molecule has 3 rings (SSSR count). The van der Waals surface area contributed by atoms with Gasteiger partial charge >= 0.3 is 0 Å². The third-order valence-electron chi connectivity index (χ3n) is 4.56. The predicted octanol–water partition coefficient (Wildman–Crippen LogP) is 2.70. The second kappa shape index (κ2) is 6.00. The first-order chi connectivity index (χ1) is 10.3. The van der Waals surface area contributed by atoms with E-state index in [1.165, 1.54) is 16.8 Å². The fourth-order valence-corrected chi connectivity index (χ4v) is 3.33. The lowest BCUT2D eigenvalue weighted by Crippen LogP contribution is -2.33. The van der Waals surface area contributed by atoms with Crippen molar-refractivity contribution in [2.45, 2.75) is 51.6 Å². The highest BCUT2D eigenvalue weighted by atomic mass is 15.3. The molecule has 0 aliphatic heterocycles. The summed E-state index contributed by atoms with van der Waals surface area (Å²) in [6.45, 7) is 5.15.